The molecule has 0 spiro atoms. The normalized spacial score (nSPS) is 13.4. The van der Waals surface area contributed by atoms with Crippen LogP contribution in [0.2, 0.25) is 20.1 Å². The average molecular weight is 714 g/mol. The molecule has 4 rings (SSSR count). The maximum atomic E-state index is 6.47. The first-order valence-corrected chi connectivity index (χ1v) is 15.3. The van der Waals surface area contributed by atoms with Gasteiger partial charge in [-0.3, -0.25) is 0 Å². The third kappa shape index (κ3) is 7.92. The number of thioether (sulfide) groups is 1. The van der Waals surface area contributed by atoms with Crippen LogP contribution in [0.1, 0.15) is 32.8 Å². The molecule has 0 aliphatic rings. The molecule has 188 valence electrons. The van der Waals surface area contributed by atoms with Gasteiger partial charge in [-0.15, -0.1) is 11.8 Å². The molecule has 2 unspecified atom stereocenters. The average Bonchev–Trinajstić information content (AvgIpc) is 2.89. The summed E-state index contributed by atoms with van der Waals surface area (Å²) < 4.78 is 2.06. The summed E-state index contributed by atoms with van der Waals surface area (Å²) in [6.45, 7) is 0. The standard InChI is InChI=1S/C30H20Br2Cl4S/c31-23-13-7-19(8-14-23)27(17-11-21-3-1-5-25(33)29(21)35)37-28(20-9-15-24(32)16-10-20)18-12-22-4-2-6-26(34)30(22)36/h1-18,27-28H/b17-11-,18-12-. The Morgan fingerprint density at radius 3 is 1.30 bits per heavy atom. The van der Waals surface area contributed by atoms with Crippen LogP contribution in [0.5, 0.6) is 0 Å². The van der Waals surface area contributed by atoms with E-state index in [1.807, 2.05) is 48.2 Å². The third-order valence-electron chi connectivity index (χ3n) is 5.55. The topological polar surface area (TPSA) is 0 Å². The van der Waals surface area contributed by atoms with E-state index in [4.69, 9.17) is 46.4 Å². The molecule has 4 aromatic carbocycles. The Labute approximate surface area is 258 Å². The van der Waals surface area contributed by atoms with Gasteiger partial charge in [-0.25, -0.2) is 0 Å². The highest BCUT2D eigenvalue weighted by Gasteiger charge is 2.18. The molecular weight excluding hydrogens is 694 g/mol. The Hall–Kier alpha value is -1.17. The lowest BCUT2D eigenvalue weighted by molar-refractivity contribution is 1.17. The summed E-state index contributed by atoms with van der Waals surface area (Å²) in [5, 5.41) is 2.20. The van der Waals surface area contributed by atoms with Crippen molar-refractivity contribution < 1.29 is 0 Å². The maximum Gasteiger partial charge on any atom is 0.0664 e. The molecule has 4 aromatic rings. The van der Waals surface area contributed by atoms with Crippen LogP contribution in [0.4, 0.5) is 0 Å². The summed E-state index contributed by atoms with van der Waals surface area (Å²) in [4.78, 5) is 0. The van der Waals surface area contributed by atoms with Crippen molar-refractivity contribution in [2.75, 3.05) is 0 Å². The van der Waals surface area contributed by atoms with E-state index in [-0.39, 0.29) is 10.5 Å². The third-order valence-corrected chi connectivity index (χ3v) is 9.72. The molecule has 0 amide bonds. The molecule has 0 aliphatic carbocycles. The number of rotatable bonds is 8. The van der Waals surface area contributed by atoms with Crippen LogP contribution in [-0.4, -0.2) is 0 Å². The Morgan fingerprint density at radius 2 is 0.919 bits per heavy atom. The van der Waals surface area contributed by atoms with E-state index in [9.17, 15) is 0 Å². The lowest BCUT2D eigenvalue weighted by Crippen LogP contribution is -1.97. The molecular formula is C30H20Br2Cl4S. The Balaban J connectivity index is 1.73. The summed E-state index contributed by atoms with van der Waals surface area (Å²) >= 11 is 34.4. The smallest absolute Gasteiger partial charge is 0.0664 e. The van der Waals surface area contributed by atoms with Crippen molar-refractivity contribution in [3.63, 3.8) is 0 Å². The summed E-state index contributed by atoms with van der Waals surface area (Å²) in [6.07, 6.45) is 8.39. The first-order chi connectivity index (χ1) is 17.8. The molecule has 0 N–H and O–H groups in total. The van der Waals surface area contributed by atoms with E-state index >= 15 is 0 Å². The van der Waals surface area contributed by atoms with Crippen molar-refractivity contribution >= 4 is 102 Å². The van der Waals surface area contributed by atoms with E-state index in [1.165, 1.54) is 11.1 Å². The van der Waals surface area contributed by atoms with Crippen LogP contribution in [-0.2, 0) is 0 Å². The van der Waals surface area contributed by atoms with Crippen molar-refractivity contribution in [3.05, 3.63) is 148 Å². The molecule has 0 fully saturated rings. The van der Waals surface area contributed by atoms with Crippen LogP contribution >= 0.6 is 90.0 Å². The highest BCUT2D eigenvalue weighted by molar-refractivity contribution is 9.10. The molecule has 0 bridgehead atoms. The second kappa shape index (κ2) is 13.8. The zero-order chi connectivity index (χ0) is 26.4. The summed E-state index contributed by atoms with van der Waals surface area (Å²) in [5.41, 5.74) is 4.08. The van der Waals surface area contributed by atoms with Gasteiger partial charge in [0.25, 0.3) is 0 Å². The molecule has 2 atom stereocenters. The van der Waals surface area contributed by atoms with Gasteiger partial charge in [0.2, 0.25) is 0 Å². The van der Waals surface area contributed by atoms with E-state index in [1.54, 1.807) is 12.1 Å². The van der Waals surface area contributed by atoms with Gasteiger partial charge in [0.1, 0.15) is 0 Å². The number of benzene rings is 4. The number of hydrogen-bond acceptors (Lipinski definition) is 1. The maximum absolute atomic E-state index is 6.47. The molecule has 0 saturated heterocycles. The van der Waals surface area contributed by atoms with E-state index in [0.29, 0.717) is 20.1 Å². The van der Waals surface area contributed by atoms with Gasteiger partial charge in [0, 0.05) is 19.4 Å². The lowest BCUT2D eigenvalue weighted by Gasteiger charge is -2.20. The fourth-order valence-corrected chi connectivity index (χ4v) is 6.17. The van der Waals surface area contributed by atoms with Gasteiger partial charge >= 0.3 is 0 Å². The summed E-state index contributed by atoms with van der Waals surface area (Å²) in [5.74, 6) is 0. The second-order valence-electron chi connectivity index (χ2n) is 8.08. The second-order valence-corrected chi connectivity index (χ2v) is 12.8. The van der Waals surface area contributed by atoms with Crippen LogP contribution in [0.15, 0.2) is 106 Å². The Morgan fingerprint density at radius 1 is 0.541 bits per heavy atom. The zero-order valence-corrected chi connectivity index (χ0v) is 26.2. The van der Waals surface area contributed by atoms with Gasteiger partial charge in [-0.1, -0.05) is 151 Å². The largest absolute Gasteiger partial charge is 0.137 e. The van der Waals surface area contributed by atoms with E-state index < -0.39 is 0 Å². The Kier molecular flexibility index (Phi) is 10.7. The molecule has 0 saturated carbocycles. The fraction of sp³-hybridized carbons (Fsp3) is 0.0667. The number of halogens is 6. The van der Waals surface area contributed by atoms with E-state index in [2.05, 4.69) is 92.5 Å². The monoisotopic (exact) mass is 710 g/mol. The SMILES string of the molecule is Clc1cccc(/C=C\C(SC(/C=C\c2cccc(Cl)c2Cl)c2ccc(Br)cc2)c2ccc(Br)cc2)c1Cl. The van der Waals surface area contributed by atoms with E-state index in [0.717, 1.165) is 20.1 Å². The summed E-state index contributed by atoms with van der Waals surface area (Å²) in [7, 11) is 0. The molecule has 0 aliphatic heterocycles. The molecule has 7 heteroatoms. The minimum Gasteiger partial charge on any atom is -0.137 e. The van der Waals surface area contributed by atoms with Crippen molar-refractivity contribution in [1.82, 2.24) is 0 Å². The molecule has 37 heavy (non-hydrogen) atoms. The predicted octanol–water partition coefficient (Wildman–Crippen LogP) is 12.8. The predicted molar refractivity (Wildman–Crippen MR) is 172 cm³/mol. The highest BCUT2D eigenvalue weighted by atomic mass is 79.9. The molecule has 0 radical (unpaired) electrons. The van der Waals surface area contributed by atoms with Crippen molar-refractivity contribution in [3.8, 4) is 0 Å². The van der Waals surface area contributed by atoms with Gasteiger partial charge in [0.05, 0.1) is 20.1 Å². The van der Waals surface area contributed by atoms with Crippen molar-refractivity contribution in [2.24, 2.45) is 0 Å². The molecule has 0 aromatic heterocycles. The summed E-state index contributed by atoms with van der Waals surface area (Å²) in [6, 6.07) is 28.0. The van der Waals surface area contributed by atoms with Gasteiger partial charge in [-0.2, -0.15) is 0 Å². The van der Waals surface area contributed by atoms with Crippen molar-refractivity contribution in [2.45, 2.75) is 10.5 Å². The minimum atomic E-state index is 0.0243. The highest BCUT2D eigenvalue weighted by Crippen LogP contribution is 2.44. The quantitative estimate of drug-likeness (QED) is 0.175. The fourth-order valence-electron chi connectivity index (χ4n) is 3.61. The number of hydrogen-bond donors (Lipinski definition) is 0. The van der Waals surface area contributed by atoms with Crippen LogP contribution in [0.3, 0.4) is 0 Å². The zero-order valence-electron chi connectivity index (χ0n) is 19.2. The van der Waals surface area contributed by atoms with Gasteiger partial charge < -0.3 is 0 Å². The van der Waals surface area contributed by atoms with Crippen molar-refractivity contribution in [1.29, 1.82) is 0 Å². The molecule has 0 nitrogen and oxygen atoms in total. The molecule has 0 heterocycles. The lowest BCUT2D eigenvalue weighted by atomic mass is 10.1. The van der Waals surface area contributed by atoms with Gasteiger partial charge in [-0.05, 0) is 58.7 Å². The van der Waals surface area contributed by atoms with Gasteiger partial charge in [0.15, 0.2) is 0 Å². The first-order valence-electron chi connectivity index (χ1n) is 11.2. The minimum absolute atomic E-state index is 0.0243. The van der Waals surface area contributed by atoms with Crippen LogP contribution in [0.25, 0.3) is 12.2 Å². The van der Waals surface area contributed by atoms with Crippen LogP contribution in [0, 0.1) is 0 Å². The Bertz CT molecular complexity index is 1310. The first kappa shape index (κ1) is 28.8. The van der Waals surface area contributed by atoms with Crippen LogP contribution < -0.4 is 0 Å².